The zero-order valence-electron chi connectivity index (χ0n) is 12.1. The Morgan fingerprint density at radius 1 is 1.55 bits per heavy atom. The van der Waals surface area contributed by atoms with Gasteiger partial charge in [-0.1, -0.05) is 6.92 Å². The lowest BCUT2D eigenvalue weighted by Crippen LogP contribution is -2.42. The van der Waals surface area contributed by atoms with Crippen LogP contribution in [0.4, 0.5) is 0 Å². The molecule has 1 aliphatic heterocycles. The molecule has 1 aromatic rings. The number of ether oxygens (including phenoxy) is 1. The van der Waals surface area contributed by atoms with Gasteiger partial charge < -0.3 is 20.1 Å². The highest BCUT2D eigenvalue weighted by Crippen LogP contribution is 2.27. The van der Waals surface area contributed by atoms with Crippen molar-refractivity contribution >= 4 is 5.91 Å². The molecule has 1 amide bonds. The lowest BCUT2D eigenvalue weighted by molar-refractivity contribution is 0.0692. The minimum absolute atomic E-state index is 0.000606. The van der Waals surface area contributed by atoms with Gasteiger partial charge in [-0.3, -0.25) is 4.79 Å². The maximum absolute atomic E-state index is 12.6. The van der Waals surface area contributed by atoms with E-state index in [2.05, 4.69) is 12.2 Å². The molecule has 5 nitrogen and oxygen atoms in total. The molecule has 1 aromatic carbocycles. The zero-order valence-corrected chi connectivity index (χ0v) is 12.1. The monoisotopic (exact) mass is 278 g/mol. The summed E-state index contributed by atoms with van der Waals surface area (Å²) in [4.78, 5) is 14.5. The van der Waals surface area contributed by atoms with Crippen molar-refractivity contribution in [3.8, 4) is 11.5 Å². The number of amides is 1. The first-order valence-corrected chi connectivity index (χ1v) is 7.06. The summed E-state index contributed by atoms with van der Waals surface area (Å²) >= 11 is 0. The average molecular weight is 278 g/mol. The highest BCUT2D eigenvalue weighted by atomic mass is 16.5. The third kappa shape index (κ3) is 3.04. The highest BCUT2D eigenvalue weighted by molar-refractivity contribution is 5.95. The predicted octanol–water partition coefficient (Wildman–Crippen LogP) is 1.61. The Balaban J connectivity index is 2.20. The fraction of sp³-hybridized carbons (Fsp3) is 0.533. The third-order valence-electron chi connectivity index (χ3n) is 3.63. The Morgan fingerprint density at radius 3 is 2.90 bits per heavy atom. The highest BCUT2D eigenvalue weighted by Gasteiger charge is 2.27. The molecule has 1 atom stereocenters. The summed E-state index contributed by atoms with van der Waals surface area (Å²) in [6.07, 6.45) is 1.90. The van der Waals surface area contributed by atoms with E-state index in [0.29, 0.717) is 11.3 Å². The van der Waals surface area contributed by atoms with Gasteiger partial charge in [-0.15, -0.1) is 0 Å². The standard InChI is InChI=1S/C15H22N2O3/c1-3-8-17(12-6-7-16-10-12)15(19)11-4-5-14(20-2)13(18)9-11/h4-5,9,12,16,18H,3,6-8,10H2,1-2H3. The molecule has 110 valence electrons. The van der Waals surface area contributed by atoms with Crippen LogP contribution in [0, 0.1) is 0 Å². The molecule has 0 radical (unpaired) electrons. The number of carbonyl (C=O) groups excluding carboxylic acids is 1. The number of aromatic hydroxyl groups is 1. The smallest absolute Gasteiger partial charge is 0.254 e. The summed E-state index contributed by atoms with van der Waals surface area (Å²) in [5, 5.41) is 13.1. The molecule has 1 saturated heterocycles. The summed E-state index contributed by atoms with van der Waals surface area (Å²) in [5.41, 5.74) is 0.503. The second kappa shape index (κ2) is 6.61. The van der Waals surface area contributed by atoms with Crippen molar-refractivity contribution in [2.45, 2.75) is 25.8 Å². The second-order valence-corrected chi connectivity index (χ2v) is 5.03. The Bertz CT molecular complexity index is 470. The number of nitrogens with zero attached hydrogens (tertiary/aromatic N) is 1. The number of hydrogen-bond acceptors (Lipinski definition) is 4. The number of benzene rings is 1. The number of carbonyl (C=O) groups is 1. The van der Waals surface area contributed by atoms with Gasteiger partial charge in [0, 0.05) is 24.7 Å². The van der Waals surface area contributed by atoms with Gasteiger partial charge in [0.25, 0.3) is 5.91 Å². The van der Waals surface area contributed by atoms with E-state index >= 15 is 0 Å². The number of phenolic OH excluding ortho intramolecular Hbond substituents is 1. The summed E-state index contributed by atoms with van der Waals surface area (Å²) in [6.45, 7) is 4.59. The van der Waals surface area contributed by atoms with Crippen molar-refractivity contribution in [2.75, 3.05) is 26.7 Å². The molecule has 1 unspecified atom stereocenters. The Kier molecular flexibility index (Phi) is 4.84. The SMILES string of the molecule is CCCN(C(=O)c1ccc(OC)c(O)c1)C1CCNC1. The van der Waals surface area contributed by atoms with Gasteiger partial charge in [-0.25, -0.2) is 0 Å². The van der Waals surface area contributed by atoms with E-state index in [1.807, 2.05) is 4.90 Å². The van der Waals surface area contributed by atoms with Crippen LogP contribution in [0.25, 0.3) is 0 Å². The van der Waals surface area contributed by atoms with Crippen LogP contribution >= 0.6 is 0 Å². The molecule has 0 spiro atoms. The lowest BCUT2D eigenvalue weighted by Gasteiger charge is -2.28. The number of rotatable bonds is 5. The topological polar surface area (TPSA) is 61.8 Å². The minimum atomic E-state index is -0.0292. The average Bonchev–Trinajstić information content (AvgIpc) is 2.97. The van der Waals surface area contributed by atoms with Crippen LogP contribution < -0.4 is 10.1 Å². The third-order valence-corrected chi connectivity index (χ3v) is 3.63. The number of nitrogens with one attached hydrogen (secondary N) is 1. The molecule has 0 aromatic heterocycles. The quantitative estimate of drug-likeness (QED) is 0.859. The first-order chi connectivity index (χ1) is 9.67. The molecular formula is C15H22N2O3. The van der Waals surface area contributed by atoms with Gasteiger partial charge in [0.1, 0.15) is 0 Å². The molecule has 2 N–H and O–H groups in total. The van der Waals surface area contributed by atoms with Gasteiger partial charge in [-0.05, 0) is 37.6 Å². The normalized spacial score (nSPS) is 18.0. The summed E-state index contributed by atoms with van der Waals surface area (Å²) in [6, 6.07) is 5.05. The number of methoxy groups -OCH3 is 1. The number of hydrogen-bond donors (Lipinski definition) is 2. The largest absolute Gasteiger partial charge is 0.504 e. The van der Waals surface area contributed by atoms with Crippen LogP contribution in [0.1, 0.15) is 30.1 Å². The van der Waals surface area contributed by atoms with E-state index in [1.165, 1.54) is 13.2 Å². The van der Waals surface area contributed by atoms with Gasteiger partial charge in [0.05, 0.1) is 7.11 Å². The van der Waals surface area contributed by atoms with Crippen molar-refractivity contribution < 1.29 is 14.6 Å². The fourth-order valence-electron chi connectivity index (χ4n) is 2.59. The fourth-order valence-corrected chi connectivity index (χ4v) is 2.59. The number of phenols is 1. The van der Waals surface area contributed by atoms with E-state index in [1.54, 1.807) is 12.1 Å². The first kappa shape index (κ1) is 14.7. The van der Waals surface area contributed by atoms with Gasteiger partial charge in [0.2, 0.25) is 0 Å². The van der Waals surface area contributed by atoms with Crippen molar-refractivity contribution in [3.05, 3.63) is 23.8 Å². The van der Waals surface area contributed by atoms with Crippen LogP contribution in [-0.4, -0.2) is 48.7 Å². The van der Waals surface area contributed by atoms with Crippen molar-refractivity contribution in [1.29, 1.82) is 0 Å². The van der Waals surface area contributed by atoms with Gasteiger partial charge >= 0.3 is 0 Å². The van der Waals surface area contributed by atoms with Crippen molar-refractivity contribution in [2.24, 2.45) is 0 Å². The molecule has 0 bridgehead atoms. The molecule has 1 heterocycles. The Hall–Kier alpha value is -1.75. The predicted molar refractivity (Wildman–Crippen MR) is 77.3 cm³/mol. The summed E-state index contributed by atoms with van der Waals surface area (Å²) in [5.74, 6) is 0.351. The van der Waals surface area contributed by atoms with Crippen molar-refractivity contribution in [1.82, 2.24) is 10.2 Å². The maximum Gasteiger partial charge on any atom is 0.254 e. The minimum Gasteiger partial charge on any atom is -0.504 e. The summed E-state index contributed by atoms with van der Waals surface area (Å²) < 4.78 is 5.00. The first-order valence-electron chi connectivity index (χ1n) is 7.06. The van der Waals surface area contributed by atoms with Crippen LogP contribution in [0.5, 0.6) is 11.5 Å². The van der Waals surface area contributed by atoms with Crippen LogP contribution in [-0.2, 0) is 0 Å². The molecule has 0 saturated carbocycles. The summed E-state index contributed by atoms with van der Waals surface area (Å²) in [7, 11) is 1.49. The van der Waals surface area contributed by atoms with Gasteiger partial charge in [-0.2, -0.15) is 0 Å². The molecule has 1 fully saturated rings. The molecular weight excluding hydrogens is 256 g/mol. The Morgan fingerprint density at radius 2 is 2.35 bits per heavy atom. The lowest BCUT2D eigenvalue weighted by atomic mass is 10.1. The zero-order chi connectivity index (χ0) is 14.5. The van der Waals surface area contributed by atoms with E-state index in [9.17, 15) is 9.90 Å². The Labute approximate surface area is 119 Å². The second-order valence-electron chi connectivity index (χ2n) is 5.03. The molecule has 0 aliphatic carbocycles. The maximum atomic E-state index is 12.6. The molecule has 2 rings (SSSR count). The molecule has 1 aliphatic rings. The van der Waals surface area contributed by atoms with Crippen molar-refractivity contribution in [3.63, 3.8) is 0 Å². The van der Waals surface area contributed by atoms with Crippen LogP contribution in [0.15, 0.2) is 18.2 Å². The van der Waals surface area contributed by atoms with E-state index in [4.69, 9.17) is 4.74 Å². The van der Waals surface area contributed by atoms with Crippen LogP contribution in [0.3, 0.4) is 0 Å². The van der Waals surface area contributed by atoms with Crippen LogP contribution in [0.2, 0.25) is 0 Å². The van der Waals surface area contributed by atoms with E-state index in [-0.39, 0.29) is 17.7 Å². The molecule has 20 heavy (non-hydrogen) atoms. The van der Waals surface area contributed by atoms with E-state index < -0.39 is 0 Å². The van der Waals surface area contributed by atoms with Gasteiger partial charge in [0.15, 0.2) is 11.5 Å². The van der Waals surface area contributed by atoms with E-state index in [0.717, 1.165) is 32.5 Å². The molecule has 5 heteroatoms.